The number of allylic oxidation sites excluding steroid dienone is 1. The first-order valence-corrected chi connectivity index (χ1v) is 9.08. The molecule has 1 aromatic carbocycles. The van der Waals surface area contributed by atoms with Gasteiger partial charge in [-0.25, -0.2) is 0 Å². The van der Waals surface area contributed by atoms with Crippen LogP contribution in [0.5, 0.6) is 17.2 Å². The van der Waals surface area contributed by atoms with Gasteiger partial charge in [-0.15, -0.1) is 0 Å². The zero-order valence-electron chi connectivity index (χ0n) is 16.2. The number of aromatic hydroxyl groups is 3. The Morgan fingerprint density at radius 3 is 1.96 bits per heavy atom. The van der Waals surface area contributed by atoms with Gasteiger partial charge in [-0.2, -0.15) is 0 Å². The first-order chi connectivity index (χ1) is 12.2. The highest BCUT2D eigenvalue weighted by molar-refractivity contribution is 5.70. The SMILES string of the molecule is CC1(C)CC2(CC(C)(C)C3(C)C(O)=C(O)C(O)=C23)c2c1cc(O)c(O)c2O. The third kappa shape index (κ3) is 1.68. The van der Waals surface area contributed by atoms with Crippen molar-refractivity contribution in [3.8, 4) is 17.2 Å². The summed E-state index contributed by atoms with van der Waals surface area (Å²) in [5, 5.41) is 62.9. The molecule has 0 amide bonds. The molecule has 2 atom stereocenters. The minimum atomic E-state index is -1.02. The molecule has 1 saturated carbocycles. The van der Waals surface area contributed by atoms with Gasteiger partial charge in [-0.05, 0) is 42.2 Å². The predicted octanol–water partition coefficient (Wildman–Crippen LogP) is 4.31. The molecule has 27 heavy (non-hydrogen) atoms. The average molecular weight is 374 g/mol. The molecular weight excluding hydrogens is 348 g/mol. The smallest absolute Gasteiger partial charge is 0.200 e. The third-order valence-corrected chi connectivity index (χ3v) is 7.44. The third-order valence-electron chi connectivity index (χ3n) is 7.44. The minimum absolute atomic E-state index is 0.273. The molecular formula is C21H26O6. The number of phenolic OH excluding ortho intramolecular Hbond substituents is 3. The first kappa shape index (κ1) is 17.9. The highest BCUT2D eigenvalue weighted by Crippen LogP contribution is 2.76. The molecule has 146 valence electrons. The number of hydrogen-bond donors (Lipinski definition) is 6. The van der Waals surface area contributed by atoms with Crippen LogP contribution in [0.4, 0.5) is 0 Å². The van der Waals surface area contributed by atoms with Gasteiger partial charge < -0.3 is 30.6 Å². The van der Waals surface area contributed by atoms with Crippen LogP contribution in [0.2, 0.25) is 0 Å². The lowest BCUT2D eigenvalue weighted by molar-refractivity contribution is 0.133. The van der Waals surface area contributed by atoms with Gasteiger partial charge in [0.05, 0.1) is 5.41 Å². The van der Waals surface area contributed by atoms with E-state index < -0.39 is 44.7 Å². The normalized spacial score (nSPS) is 33.1. The molecule has 3 aliphatic rings. The van der Waals surface area contributed by atoms with Crippen molar-refractivity contribution >= 4 is 0 Å². The summed E-state index contributed by atoms with van der Waals surface area (Å²) in [6.45, 7) is 9.63. The van der Waals surface area contributed by atoms with E-state index in [2.05, 4.69) is 0 Å². The van der Waals surface area contributed by atoms with Crippen molar-refractivity contribution < 1.29 is 30.6 Å². The van der Waals surface area contributed by atoms with Crippen molar-refractivity contribution in [1.29, 1.82) is 0 Å². The second kappa shape index (κ2) is 4.49. The molecule has 6 N–H and O–H groups in total. The molecule has 2 unspecified atom stereocenters. The van der Waals surface area contributed by atoms with Crippen molar-refractivity contribution in [1.82, 2.24) is 0 Å². The quantitative estimate of drug-likeness (QED) is 0.376. The Balaban J connectivity index is 2.14. The van der Waals surface area contributed by atoms with Crippen molar-refractivity contribution in [3.05, 3.63) is 40.0 Å². The van der Waals surface area contributed by atoms with Crippen molar-refractivity contribution in [2.45, 2.75) is 58.3 Å². The Morgan fingerprint density at radius 2 is 1.37 bits per heavy atom. The number of fused-ring (bicyclic) bond motifs is 4. The molecule has 4 rings (SSSR count). The van der Waals surface area contributed by atoms with E-state index in [4.69, 9.17) is 0 Å². The maximum absolute atomic E-state index is 10.8. The topological polar surface area (TPSA) is 121 Å². The van der Waals surface area contributed by atoms with E-state index in [-0.39, 0.29) is 11.5 Å². The van der Waals surface area contributed by atoms with E-state index in [0.717, 1.165) is 0 Å². The Morgan fingerprint density at radius 1 is 0.778 bits per heavy atom. The van der Waals surface area contributed by atoms with Gasteiger partial charge in [0.15, 0.2) is 23.0 Å². The van der Waals surface area contributed by atoms with Crippen LogP contribution in [0.1, 0.15) is 58.6 Å². The van der Waals surface area contributed by atoms with Crippen LogP contribution >= 0.6 is 0 Å². The fourth-order valence-electron chi connectivity index (χ4n) is 6.17. The average Bonchev–Trinajstić information content (AvgIpc) is 2.95. The van der Waals surface area contributed by atoms with Gasteiger partial charge in [0.2, 0.25) is 5.75 Å². The first-order valence-electron chi connectivity index (χ1n) is 9.08. The van der Waals surface area contributed by atoms with E-state index in [0.29, 0.717) is 29.5 Å². The molecule has 0 saturated heterocycles. The van der Waals surface area contributed by atoms with E-state index >= 15 is 0 Å². The number of rotatable bonds is 0. The summed E-state index contributed by atoms with van der Waals surface area (Å²) in [5.41, 5.74) is -1.34. The Hall–Kier alpha value is -2.50. The maximum Gasteiger partial charge on any atom is 0.200 e. The summed E-state index contributed by atoms with van der Waals surface area (Å²) in [6.07, 6.45) is 0.978. The lowest BCUT2D eigenvalue weighted by atomic mass is 9.67. The Labute approximate surface area is 157 Å². The fourth-order valence-corrected chi connectivity index (χ4v) is 6.17. The van der Waals surface area contributed by atoms with Gasteiger partial charge in [0.25, 0.3) is 0 Å². The number of phenols is 3. The second-order valence-electron chi connectivity index (χ2n) is 9.76. The molecule has 0 aliphatic heterocycles. The summed E-state index contributed by atoms with van der Waals surface area (Å²) in [7, 11) is 0. The van der Waals surface area contributed by atoms with Crippen molar-refractivity contribution in [2.24, 2.45) is 10.8 Å². The maximum atomic E-state index is 10.8. The van der Waals surface area contributed by atoms with Crippen LogP contribution in [-0.2, 0) is 10.8 Å². The van der Waals surface area contributed by atoms with Crippen molar-refractivity contribution in [3.63, 3.8) is 0 Å². The van der Waals surface area contributed by atoms with Crippen LogP contribution in [0.3, 0.4) is 0 Å². The summed E-state index contributed by atoms with van der Waals surface area (Å²) in [6, 6.07) is 1.46. The molecule has 0 aromatic heterocycles. The van der Waals surface area contributed by atoms with Gasteiger partial charge >= 0.3 is 0 Å². The number of hydrogen-bond acceptors (Lipinski definition) is 6. The lowest BCUT2D eigenvalue weighted by Crippen LogP contribution is -2.32. The fraction of sp³-hybridized carbons (Fsp3) is 0.524. The molecule has 0 bridgehead atoms. The predicted molar refractivity (Wildman–Crippen MR) is 99.2 cm³/mol. The number of aliphatic hydroxyl groups is 3. The highest BCUT2D eigenvalue weighted by atomic mass is 16.3. The van der Waals surface area contributed by atoms with Crippen LogP contribution in [0.15, 0.2) is 28.9 Å². The molecule has 3 aliphatic carbocycles. The molecule has 0 heterocycles. The highest BCUT2D eigenvalue weighted by Gasteiger charge is 2.71. The Kier molecular flexibility index (Phi) is 2.97. The summed E-state index contributed by atoms with van der Waals surface area (Å²) < 4.78 is 0. The van der Waals surface area contributed by atoms with E-state index in [9.17, 15) is 30.6 Å². The standard InChI is InChI=1S/C21H26O6/c1-18(2)7-21(11-9(18)6-10(22)12(23)13(11)24)8-19(3,4)20(5)16(21)14(25)15(26)17(20)27/h6,22-27H,7-8H2,1-5H3. The van der Waals surface area contributed by atoms with Crippen LogP contribution < -0.4 is 0 Å². The summed E-state index contributed by atoms with van der Waals surface area (Å²) in [5.74, 6) is -2.58. The molecule has 1 fully saturated rings. The van der Waals surface area contributed by atoms with E-state index in [1.54, 1.807) is 6.92 Å². The van der Waals surface area contributed by atoms with Crippen LogP contribution in [0, 0.1) is 10.8 Å². The zero-order valence-corrected chi connectivity index (χ0v) is 16.2. The lowest BCUT2D eigenvalue weighted by Gasteiger charge is -2.36. The molecule has 0 radical (unpaired) electrons. The largest absolute Gasteiger partial charge is 0.507 e. The van der Waals surface area contributed by atoms with Gasteiger partial charge in [0, 0.05) is 16.6 Å². The summed E-state index contributed by atoms with van der Waals surface area (Å²) in [4.78, 5) is 0. The van der Waals surface area contributed by atoms with Gasteiger partial charge in [-0.1, -0.05) is 27.7 Å². The minimum Gasteiger partial charge on any atom is -0.507 e. The van der Waals surface area contributed by atoms with E-state index in [1.165, 1.54) is 6.07 Å². The molecule has 1 aromatic rings. The van der Waals surface area contributed by atoms with Crippen LogP contribution in [0.25, 0.3) is 0 Å². The Bertz CT molecular complexity index is 967. The monoisotopic (exact) mass is 374 g/mol. The molecule has 6 heteroatoms. The number of benzene rings is 1. The van der Waals surface area contributed by atoms with Gasteiger partial charge in [-0.3, -0.25) is 0 Å². The summed E-state index contributed by atoms with van der Waals surface area (Å²) >= 11 is 0. The molecule has 1 spiro atoms. The zero-order chi connectivity index (χ0) is 20.3. The molecule has 6 nitrogen and oxygen atoms in total. The number of aliphatic hydroxyl groups excluding tert-OH is 3. The van der Waals surface area contributed by atoms with Crippen LogP contribution in [-0.4, -0.2) is 30.6 Å². The second-order valence-corrected chi connectivity index (χ2v) is 9.76. The van der Waals surface area contributed by atoms with Gasteiger partial charge in [0.1, 0.15) is 5.76 Å². The van der Waals surface area contributed by atoms with E-state index in [1.807, 2.05) is 27.7 Å². The van der Waals surface area contributed by atoms with Crippen molar-refractivity contribution in [2.75, 3.05) is 0 Å².